The third kappa shape index (κ3) is 16.0. The summed E-state index contributed by atoms with van der Waals surface area (Å²) in [6, 6.07) is 67.2. The topological polar surface area (TPSA) is 269 Å². The summed E-state index contributed by atoms with van der Waals surface area (Å²) in [4.78, 5) is 48.9. The number of nitrogens with two attached hydrogens (primary N) is 1. The highest BCUT2D eigenvalue weighted by Gasteiger charge is 2.27. The van der Waals surface area contributed by atoms with Gasteiger partial charge in [-0.1, -0.05) is 157 Å². The first kappa shape index (κ1) is 75.4. The molecule has 0 aliphatic carbocycles. The molecular formula is C86H62Br3N13O2S3. The average molecular weight is 1650 g/mol. The molecule has 0 amide bonds. The number of nitrogens with zero attached hydrogens (tertiary/aromatic N) is 12. The Balaban J connectivity index is 0.000000134. The molecule has 0 saturated heterocycles. The Morgan fingerprint density at radius 1 is 0.411 bits per heavy atom. The Labute approximate surface area is 655 Å². The molecule has 2 N–H and O–H groups in total. The number of hydrogen-bond acceptors (Lipinski definition) is 18. The smallest absolute Gasteiger partial charge is 0.195 e. The van der Waals surface area contributed by atoms with Gasteiger partial charge >= 0.3 is 0 Å². The zero-order valence-electron chi connectivity index (χ0n) is 58.9. The van der Waals surface area contributed by atoms with E-state index >= 15 is 0 Å². The van der Waals surface area contributed by atoms with Gasteiger partial charge in [-0.05, 0) is 191 Å². The van der Waals surface area contributed by atoms with E-state index in [1.807, 2.05) is 183 Å². The number of carbonyl (C=O) groups is 2. The molecule has 7 aromatic heterocycles. The molecule has 15 aromatic rings. The Morgan fingerprint density at radius 2 is 0.776 bits per heavy atom. The van der Waals surface area contributed by atoms with Gasteiger partial charge in [0.2, 0.25) is 0 Å². The van der Waals surface area contributed by atoms with Crippen molar-refractivity contribution in [1.29, 1.82) is 26.3 Å². The molecule has 0 fully saturated rings. The molecule has 522 valence electrons. The number of nitrogen functional groups attached to an aromatic ring is 1. The lowest BCUT2D eigenvalue weighted by Gasteiger charge is -2.16. The van der Waals surface area contributed by atoms with Crippen LogP contribution in [0.3, 0.4) is 0 Å². The summed E-state index contributed by atoms with van der Waals surface area (Å²) in [5.74, 6) is -0.344. The number of nitriles is 5. The third-order valence-electron chi connectivity index (χ3n) is 18.4. The quantitative estimate of drug-likeness (QED) is 0.0676. The number of ketones is 2. The van der Waals surface area contributed by atoms with E-state index in [2.05, 4.69) is 144 Å². The molecule has 107 heavy (non-hydrogen) atoms. The van der Waals surface area contributed by atoms with Crippen LogP contribution in [0.15, 0.2) is 237 Å². The van der Waals surface area contributed by atoms with Crippen LogP contribution in [0.4, 0.5) is 5.69 Å². The van der Waals surface area contributed by atoms with Gasteiger partial charge in [-0.2, -0.15) is 35.1 Å². The number of thioether (sulfide) groups is 1. The summed E-state index contributed by atoms with van der Waals surface area (Å²) in [6.45, 7) is 15.1. The van der Waals surface area contributed by atoms with Gasteiger partial charge in [0.25, 0.3) is 0 Å². The van der Waals surface area contributed by atoms with Gasteiger partial charge in [-0.25, -0.2) is 0 Å². The van der Waals surface area contributed by atoms with Gasteiger partial charge in [0.05, 0.1) is 111 Å². The highest BCUT2D eigenvalue weighted by atomic mass is 79.9. The predicted molar refractivity (Wildman–Crippen MR) is 441 cm³/mol. The van der Waals surface area contributed by atoms with E-state index < -0.39 is 21.7 Å². The molecule has 0 unspecified atom stereocenters. The van der Waals surface area contributed by atoms with Gasteiger partial charge < -0.3 is 5.73 Å². The minimum absolute atomic E-state index is 0.163. The molecule has 21 heteroatoms. The second-order valence-electron chi connectivity index (χ2n) is 27.2. The molecule has 15 nitrogen and oxygen atoms in total. The van der Waals surface area contributed by atoms with Gasteiger partial charge in [0, 0.05) is 110 Å². The molecule has 0 radical (unpaired) electrons. The number of hydrogen-bond donors (Lipinski definition) is 1. The number of thiocyanates is 1. The van der Waals surface area contributed by atoms with Crippen LogP contribution < -0.4 is 5.73 Å². The maximum absolute atomic E-state index is 13.3. The fraction of sp³-hybridized carbons (Fsp3) is 0.140. The molecule has 8 aromatic carbocycles. The zero-order chi connectivity index (χ0) is 76.1. The van der Waals surface area contributed by atoms with Gasteiger partial charge in [0.1, 0.15) is 5.40 Å². The van der Waals surface area contributed by atoms with Crippen LogP contribution >= 0.6 is 82.6 Å². The molecule has 0 spiro atoms. The number of carbonyl (C=O) groups excluding carboxylic acids is 2. The van der Waals surface area contributed by atoms with Crippen molar-refractivity contribution in [2.24, 2.45) is 0 Å². The fourth-order valence-corrected chi connectivity index (χ4v) is 15.1. The molecule has 0 atom stereocenters. The van der Waals surface area contributed by atoms with E-state index in [0.717, 1.165) is 123 Å². The predicted octanol–water partition coefficient (Wildman–Crippen LogP) is 22.7. The molecule has 15 rings (SSSR count). The van der Waals surface area contributed by atoms with Crippen molar-refractivity contribution in [1.82, 2.24) is 33.7 Å². The Hall–Kier alpha value is -11.3. The lowest BCUT2D eigenvalue weighted by atomic mass is 9.85. The van der Waals surface area contributed by atoms with Crippen molar-refractivity contribution in [2.75, 3.05) is 5.73 Å². The number of fused-ring (bicyclic) bond motifs is 8. The summed E-state index contributed by atoms with van der Waals surface area (Å²) < 4.78 is 14.3. The standard InChI is InChI=1S/C25H18N4S.C21H14BrN3OS.C20H16BrN3O.C20H14BrN3S/c1-25(2,15-26)19-8-5-16(6-9-19)24-23-20-12-17(18-4-3-11-27-13-18)7-10-21(20)28-14-22(23)30-29-24;1-21(2,11-23)14-5-3-13(4-6-14)20(26)19-16-9-15(22)7-8-17(16)25-10-18(19)27-12-24;1-20(2,11-22)13-5-3-12(4-6-13)19(25)18-15-9-14(21)7-8-17(15)24-10-16(18)23;1-20(2,11-22)13-5-3-12(4-6-13)19-18-15-9-14(21)7-8-16(15)23-10-17(18)25-24-19/h3-14H,1-2H3;3-10H,1-2H3;3-10H,23H2,1-2H3;3-10H,1-2H3. The molecule has 0 saturated carbocycles. The minimum Gasteiger partial charge on any atom is -0.397 e. The van der Waals surface area contributed by atoms with Crippen molar-refractivity contribution in [3.63, 3.8) is 0 Å². The van der Waals surface area contributed by atoms with E-state index in [4.69, 9.17) is 15.4 Å². The highest BCUT2D eigenvalue weighted by Crippen LogP contribution is 2.41. The molecular weight excluding hydrogens is 1580 g/mol. The maximum atomic E-state index is 13.3. The second-order valence-corrected chi connectivity index (χ2v) is 32.4. The molecule has 0 aliphatic heterocycles. The largest absolute Gasteiger partial charge is 0.397 e. The van der Waals surface area contributed by atoms with Crippen LogP contribution in [0.2, 0.25) is 0 Å². The second kappa shape index (κ2) is 31.4. The normalized spacial score (nSPS) is 11.4. The van der Waals surface area contributed by atoms with E-state index in [9.17, 15) is 30.6 Å². The van der Waals surface area contributed by atoms with Crippen molar-refractivity contribution < 1.29 is 9.59 Å². The molecule has 7 heterocycles. The monoisotopic (exact) mass is 1640 g/mol. The summed E-state index contributed by atoms with van der Waals surface area (Å²) in [6.07, 6.45) is 10.5. The summed E-state index contributed by atoms with van der Waals surface area (Å²) in [7, 11) is 0. The third-order valence-corrected chi connectivity index (χ3v) is 22.1. The van der Waals surface area contributed by atoms with E-state index in [0.29, 0.717) is 54.6 Å². The fourth-order valence-electron chi connectivity index (χ4n) is 12.0. The lowest BCUT2D eigenvalue weighted by molar-refractivity contribution is 0.103. The van der Waals surface area contributed by atoms with Crippen LogP contribution in [-0.4, -0.2) is 45.2 Å². The number of halogens is 3. The van der Waals surface area contributed by atoms with Crippen LogP contribution in [-0.2, 0) is 21.7 Å². The zero-order valence-corrected chi connectivity index (χ0v) is 66.1. The van der Waals surface area contributed by atoms with Crippen LogP contribution in [0.25, 0.3) is 97.4 Å². The SMILES string of the molecule is CC(C)(C#N)c1ccc(-c2nsc3cnc4ccc(-c5cccnc5)cc4c23)cc1.CC(C)(C#N)c1ccc(-c2nsc3cnc4ccc(Br)cc4c23)cc1.CC(C)(C#N)c1ccc(C(=O)c2c(N)cnc3ccc(Br)cc23)cc1.CC(C)(C#N)c1ccc(C(=O)c2c(SC#N)cnc3ccc(Br)cc23)cc1. The van der Waals surface area contributed by atoms with Gasteiger partial charge in [-0.3, -0.25) is 34.5 Å². The molecule has 0 bridgehead atoms. The summed E-state index contributed by atoms with van der Waals surface area (Å²) >= 11 is 14.3. The first-order chi connectivity index (χ1) is 51.3. The first-order valence-corrected chi connectivity index (χ1v) is 38.1. The van der Waals surface area contributed by atoms with Crippen molar-refractivity contribution in [3.8, 4) is 63.3 Å². The number of anilines is 1. The van der Waals surface area contributed by atoms with Crippen LogP contribution in [0, 0.1) is 56.0 Å². The molecule has 0 aliphatic rings. The Bertz CT molecular complexity index is 6200. The average Bonchev–Trinajstić information content (AvgIpc) is 1.74. The van der Waals surface area contributed by atoms with Gasteiger partial charge in [0.15, 0.2) is 11.6 Å². The number of benzene rings is 8. The number of aromatic nitrogens is 7. The highest BCUT2D eigenvalue weighted by molar-refractivity contribution is 9.11. The lowest BCUT2D eigenvalue weighted by Crippen LogP contribution is -2.14. The van der Waals surface area contributed by atoms with E-state index in [1.54, 1.807) is 48.8 Å². The first-order valence-electron chi connectivity index (χ1n) is 33.3. The minimum atomic E-state index is -0.627. The van der Waals surface area contributed by atoms with Crippen LogP contribution in [0.5, 0.6) is 0 Å². The van der Waals surface area contributed by atoms with Crippen molar-refractivity contribution in [3.05, 3.63) is 277 Å². The van der Waals surface area contributed by atoms with Crippen LogP contribution in [0.1, 0.15) is 109 Å². The van der Waals surface area contributed by atoms with Gasteiger partial charge in [-0.15, -0.1) is 0 Å². The Kier molecular flexibility index (Phi) is 22.1. The number of rotatable bonds is 12. The van der Waals surface area contributed by atoms with E-state index in [1.165, 1.54) is 29.3 Å². The maximum Gasteiger partial charge on any atom is 0.195 e. The summed E-state index contributed by atoms with van der Waals surface area (Å²) in [5.41, 5.74) is 19.3. The Morgan fingerprint density at radius 3 is 1.20 bits per heavy atom. The van der Waals surface area contributed by atoms with Crippen molar-refractivity contribution in [2.45, 2.75) is 81.9 Å². The van der Waals surface area contributed by atoms with E-state index in [-0.39, 0.29) is 11.6 Å². The summed E-state index contributed by atoms with van der Waals surface area (Å²) in [5, 5.41) is 54.2. The number of pyridine rings is 5. The van der Waals surface area contributed by atoms with Crippen molar-refractivity contribution >= 4 is 164 Å².